The van der Waals surface area contributed by atoms with Crippen LogP contribution >= 0.6 is 0 Å². The Morgan fingerprint density at radius 2 is 1.40 bits per heavy atom. The molecule has 0 aromatic carbocycles. The van der Waals surface area contributed by atoms with Crippen LogP contribution in [-0.4, -0.2) is 25.4 Å². The highest BCUT2D eigenvalue weighted by Crippen LogP contribution is 2.25. The van der Waals surface area contributed by atoms with Gasteiger partial charge in [-0.05, 0) is 26.7 Å². The second-order valence-electron chi connectivity index (χ2n) is 2.63. The molecule has 0 heterocycles. The van der Waals surface area contributed by atoms with Crippen LogP contribution in [0.3, 0.4) is 0 Å². The van der Waals surface area contributed by atoms with Gasteiger partial charge < -0.3 is 9.47 Å². The number of hydrogen-bond donors (Lipinski definition) is 0. The van der Waals surface area contributed by atoms with Crippen molar-refractivity contribution in [2.24, 2.45) is 0 Å². The molecule has 0 unspecified atom stereocenters. The van der Waals surface area contributed by atoms with Crippen LogP contribution in [0.1, 0.15) is 26.7 Å². The molecule has 0 aliphatic heterocycles. The quantitative estimate of drug-likeness (QED) is 0.596. The Hall–Kier alpha value is -0.0800. The summed E-state index contributed by atoms with van der Waals surface area (Å²) >= 11 is 0. The first-order chi connectivity index (χ1) is 4.86. The highest BCUT2D eigenvalue weighted by molar-refractivity contribution is 4.80. The van der Waals surface area contributed by atoms with Gasteiger partial charge >= 0.3 is 0 Å². The first-order valence-electron chi connectivity index (χ1n) is 4.10. The van der Waals surface area contributed by atoms with Crippen LogP contribution < -0.4 is 0 Å². The summed E-state index contributed by atoms with van der Waals surface area (Å²) in [5.41, 5.74) is 0. The fraction of sp³-hybridized carbons (Fsp3) is 1.00. The fourth-order valence-corrected chi connectivity index (χ4v) is 1.26. The average molecular weight is 144 g/mol. The van der Waals surface area contributed by atoms with Crippen molar-refractivity contribution in [3.05, 3.63) is 0 Å². The van der Waals surface area contributed by atoms with E-state index in [-0.39, 0.29) is 0 Å². The van der Waals surface area contributed by atoms with E-state index in [1.165, 1.54) is 0 Å². The van der Waals surface area contributed by atoms with Gasteiger partial charge in [-0.25, -0.2) is 0 Å². The van der Waals surface area contributed by atoms with Gasteiger partial charge in [-0.15, -0.1) is 0 Å². The van der Waals surface area contributed by atoms with E-state index in [9.17, 15) is 0 Å². The molecule has 0 bridgehead atoms. The molecule has 0 aromatic heterocycles. The highest BCUT2D eigenvalue weighted by atomic mass is 16.5. The molecular weight excluding hydrogens is 128 g/mol. The van der Waals surface area contributed by atoms with Crippen LogP contribution in [0.4, 0.5) is 0 Å². The summed E-state index contributed by atoms with van der Waals surface area (Å²) in [6.45, 7) is 5.75. The number of ether oxygens (including phenoxy) is 2. The third kappa shape index (κ3) is 1.96. The van der Waals surface area contributed by atoms with E-state index in [1.54, 1.807) is 0 Å². The van der Waals surface area contributed by atoms with Crippen molar-refractivity contribution in [3.63, 3.8) is 0 Å². The third-order valence-corrected chi connectivity index (χ3v) is 1.86. The Balaban J connectivity index is 1.95. The molecule has 0 spiro atoms. The molecule has 1 aliphatic rings. The predicted octanol–water partition coefficient (Wildman–Crippen LogP) is 1.59. The molecule has 0 aromatic rings. The Bertz CT molecular complexity index is 77.3. The summed E-state index contributed by atoms with van der Waals surface area (Å²) in [6, 6.07) is 0. The van der Waals surface area contributed by atoms with Crippen LogP contribution in [-0.2, 0) is 9.47 Å². The van der Waals surface area contributed by atoms with Crippen LogP contribution in [0.2, 0.25) is 0 Å². The maximum atomic E-state index is 5.37. The predicted molar refractivity (Wildman–Crippen MR) is 40.1 cm³/mol. The summed E-state index contributed by atoms with van der Waals surface area (Å²) in [4.78, 5) is 0. The molecule has 0 amide bonds. The molecule has 2 nitrogen and oxygen atoms in total. The van der Waals surface area contributed by atoms with E-state index in [0.717, 1.165) is 26.1 Å². The number of rotatable bonds is 4. The smallest absolute Gasteiger partial charge is 0.0624 e. The van der Waals surface area contributed by atoms with Gasteiger partial charge in [0, 0.05) is 13.2 Å². The Morgan fingerprint density at radius 1 is 1.00 bits per heavy atom. The van der Waals surface area contributed by atoms with Crippen molar-refractivity contribution in [2.75, 3.05) is 13.2 Å². The summed E-state index contributed by atoms with van der Waals surface area (Å²) in [6.07, 6.45) is 3.17. The van der Waals surface area contributed by atoms with Gasteiger partial charge in [-0.1, -0.05) is 0 Å². The molecule has 0 N–H and O–H groups in total. The molecule has 2 heteroatoms. The minimum atomic E-state index is 0.488. The van der Waals surface area contributed by atoms with Gasteiger partial charge in [-0.3, -0.25) is 0 Å². The van der Waals surface area contributed by atoms with Crippen LogP contribution in [0.25, 0.3) is 0 Å². The first-order valence-corrected chi connectivity index (χ1v) is 4.10. The van der Waals surface area contributed by atoms with Gasteiger partial charge in [0.15, 0.2) is 0 Å². The number of hydrogen-bond acceptors (Lipinski definition) is 2. The maximum absolute atomic E-state index is 5.37. The zero-order valence-corrected chi connectivity index (χ0v) is 6.80. The van der Waals surface area contributed by atoms with Crippen molar-refractivity contribution in [1.29, 1.82) is 0 Å². The lowest BCUT2D eigenvalue weighted by Crippen LogP contribution is -2.37. The molecule has 1 saturated carbocycles. The largest absolute Gasteiger partial charge is 0.378 e. The first kappa shape index (κ1) is 8.02. The second-order valence-corrected chi connectivity index (χ2v) is 2.63. The maximum Gasteiger partial charge on any atom is 0.0624 e. The minimum Gasteiger partial charge on any atom is -0.378 e. The van der Waals surface area contributed by atoms with Crippen molar-refractivity contribution in [1.82, 2.24) is 0 Å². The van der Waals surface area contributed by atoms with E-state index in [1.807, 2.05) is 13.8 Å². The molecule has 0 saturated heterocycles. The highest BCUT2D eigenvalue weighted by Gasteiger charge is 2.29. The van der Waals surface area contributed by atoms with Gasteiger partial charge in [0.25, 0.3) is 0 Å². The topological polar surface area (TPSA) is 18.5 Å². The van der Waals surface area contributed by atoms with Crippen molar-refractivity contribution in [2.45, 2.75) is 38.9 Å². The normalized spacial score (nSPS) is 31.8. The lowest BCUT2D eigenvalue weighted by atomic mass is 9.92. The second kappa shape index (κ2) is 3.94. The molecule has 1 aliphatic carbocycles. The minimum absolute atomic E-state index is 0.488. The summed E-state index contributed by atoms with van der Waals surface area (Å²) in [5, 5.41) is 0. The molecule has 10 heavy (non-hydrogen) atoms. The summed E-state index contributed by atoms with van der Waals surface area (Å²) in [5.74, 6) is 0. The molecule has 1 fully saturated rings. The van der Waals surface area contributed by atoms with Gasteiger partial charge in [0.05, 0.1) is 12.2 Å². The SMILES string of the molecule is CCOC1CC(OCC)C1. The molecule has 60 valence electrons. The Labute approximate surface area is 62.5 Å². The molecule has 1 rings (SSSR count). The fourth-order valence-electron chi connectivity index (χ4n) is 1.26. The van der Waals surface area contributed by atoms with E-state index in [4.69, 9.17) is 9.47 Å². The lowest BCUT2D eigenvalue weighted by Gasteiger charge is -2.34. The van der Waals surface area contributed by atoms with Crippen LogP contribution in [0, 0.1) is 0 Å². The third-order valence-electron chi connectivity index (χ3n) is 1.86. The summed E-state index contributed by atoms with van der Waals surface area (Å²) < 4.78 is 10.7. The zero-order chi connectivity index (χ0) is 7.40. The van der Waals surface area contributed by atoms with E-state index >= 15 is 0 Å². The standard InChI is InChI=1S/C8H16O2/c1-3-9-7-5-8(6-7)10-4-2/h7-8H,3-6H2,1-2H3. The van der Waals surface area contributed by atoms with Crippen molar-refractivity contribution in [3.8, 4) is 0 Å². The van der Waals surface area contributed by atoms with Crippen molar-refractivity contribution >= 4 is 0 Å². The zero-order valence-electron chi connectivity index (χ0n) is 6.80. The Morgan fingerprint density at radius 3 is 1.70 bits per heavy atom. The van der Waals surface area contributed by atoms with E-state index in [2.05, 4.69) is 0 Å². The van der Waals surface area contributed by atoms with E-state index in [0.29, 0.717) is 12.2 Å². The van der Waals surface area contributed by atoms with Crippen LogP contribution in [0.5, 0.6) is 0 Å². The van der Waals surface area contributed by atoms with Gasteiger partial charge in [-0.2, -0.15) is 0 Å². The lowest BCUT2D eigenvalue weighted by molar-refractivity contribution is -0.0952. The molecular formula is C8H16O2. The van der Waals surface area contributed by atoms with E-state index < -0.39 is 0 Å². The van der Waals surface area contributed by atoms with Gasteiger partial charge in [0.2, 0.25) is 0 Å². The summed E-state index contributed by atoms with van der Waals surface area (Å²) in [7, 11) is 0. The van der Waals surface area contributed by atoms with Crippen LogP contribution in [0.15, 0.2) is 0 Å². The molecule has 0 radical (unpaired) electrons. The van der Waals surface area contributed by atoms with Gasteiger partial charge in [0.1, 0.15) is 0 Å². The Kier molecular flexibility index (Phi) is 3.16. The monoisotopic (exact) mass is 144 g/mol. The van der Waals surface area contributed by atoms with Crippen molar-refractivity contribution < 1.29 is 9.47 Å². The molecule has 0 atom stereocenters. The average Bonchev–Trinajstić information content (AvgIpc) is 1.84.